The molecule has 0 bridgehead atoms. The summed E-state index contributed by atoms with van der Waals surface area (Å²) >= 11 is 1.28. The molecule has 2 rings (SSSR count). The molecular weight excluding hydrogens is 288 g/mol. The maximum Gasteiger partial charge on any atom is 0.263 e. The number of hydrogen-bond donors (Lipinski definition) is 3. The summed E-state index contributed by atoms with van der Waals surface area (Å²) in [4.78, 5) is 28.9. The number of hydrogen-bond acceptors (Lipinski definition) is 5. The van der Waals surface area contributed by atoms with Gasteiger partial charge in [0.05, 0.1) is 5.69 Å². The van der Waals surface area contributed by atoms with Crippen molar-refractivity contribution in [1.82, 2.24) is 15.6 Å². The number of aromatic nitrogens is 1. The van der Waals surface area contributed by atoms with Crippen LogP contribution < -0.4 is 16.4 Å². The first-order chi connectivity index (χ1) is 9.93. The SMILES string of the molecule is CNC(=O)CCNC(=O)c1sc2nc(C)cc(C)c2c1N. The molecule has 0 aliphatic carbocycles. The molecule has 0 aromatic carbocycles. The maximum absolute atomic E-state index is 12.2. The van der Waals surface area contributed by atoms with Gasteiger partial charge in [0.1, 0.15) is 9.71 Å². The van der Waals surface area contributed by atoms with Crippen LogP contribution in [0.2, 0.25) is 0 Å². The van der Waals surface area contributed by atoms with Crippen molar-refractivity contribution in [2.75, 3.05) is 19.3 Å². The van der Waals surface area contributed by atoms with Crippen LogP contribution in [0.3, 0.4) is 0 Å². The smallest absolute Gasteiger partial charge is 0.263 e. The van der Waals surface area contributed by atoms with Crippen LogP contribution in [0.1, 0.15) is 27.3 Å². The van der Waals surface area contributed by atoms with Gasteiger partial charge in [-0.25, -0.2) is 4.98 Å². The van der Waals surface area contributed by atoms with Gasteiger partial charge in [-0.3, -0.25) is 9.59 Å². The summed E-state index contributed by atoms with van der Waals surface area (Å²) in [5.41, 5.74) is 8.44. The van der Waals surface area contributed by atoms with E-state index in [0.29, 0.717) is 10.6 Å². The highest BCUT2D eigenvalue weighted by Crippen LogP contribution is 2.34. The van der Waals surface area contributed by atoms with Gasteiger partial charge in [-0.05, 0) is 25.5 Å². The van der Waals surface area contributed by atoms with Gasteiger partial charge in [0, 0.05) is 31.1 Å². The van der Waals surface area contributed by atoms with Gasteiger partial charge in [-0.15, -0.1) is 11.3 Å². The number of nitrogen functional groups attached to an aromatic ring is 1. The summed E-state index contributed by atoms with van der Waals surface area (Å²) in [6, 6.07) is 1.94. The van der Waals surface area contributed by atoms with E-state index in [1.165, 1.54) is 11.3 Å². The standard InChI is InChI=1S/C14H18N4O2S/c1-7-6-8(2)18-14-10(7)11(15)12(21-14)13(20)17-5-4-9(19)16-3/h6H,4-5,15H2,1-3H3,(H,16,19)(H,17,20). The minimum atomic E-state index is -0.267. The fourth-order valence-electron chi connectivity index (χ4n) is 2.13. The van der Waals surface area contributed by atoms with Crippen LogP contribution in [-0.4, -0.2) is 30.4 Å². The largest absolute Gasteiger partial charge is 0.397 e. The molecule has 2 aromatic rings. The van der Waals surface area contributed by atoms with Gasteiger partial charge in [0.2, 0.25) is 5.91 Å². The fraction of sp³-hybridized carbons (Fsp3) is 0.357. The topological polar surface area (TPSA) is 97.1 Å². The van der Waals surface area contributed by atoms with E-state index in [1.54, 1.807) is 7.05 Å². The number of carbonyl (C=O) groups is 2. The molecule has 0 unspecified atom stereocenters. The van der Waals surface area contributed by atoms with E-state index in [1.807, 2.05) is 19.9 Å². The molecule has 2 amide bonds. The van der Waals surface area contributed by atoms with Gasteiger partial charge >= 0.3 is 0 Å². The molecule has 6 nitrogen and oxygen atoms in total. The van der Waals surface area contributed by atoms with E-state index in [-0.39, 0.29) is 24.8 Å². The summed E-state index contributed by atoms with van der Waals surface area (Å²) in [6.07, 6.45) is 0.240. The van der Waals surface area contributed by atoms with E-state index in [4.69, 9.17) is 5.73 Å². The van der Waals surface area contributed by atoms with Gasteiger partial charge < -0.3 is 16.4 Å². The van der Waals surface area contributed by atoms with Crippen molar-refractivity contribution in [1.29, 1.82) is 0 Å². The molecule has 0 fully saturated rings. The molecule has 21 heavy (non-hydrogen) atoms. The zero-order chi connectivity index (χ0) is 15.6. The van der Waals surface area contributed by atoms with Crippen LogP contribution in [-0.2, 0) is 4.79 Å². The van der Waals surface area contributed by atoms with Crippen molar-refractivity contribution >= 4 is 39.1 Å². The molecule has 2 aromatic heterocycles. The lowest BCUT2D eigenvalue weighted by atomic mass is 10.1. The zero-order valence-electron chi connectivity index (χ0n) is 12.2. The summed E-state index contributed by atoms with van der Waals surface area (Å²) < 4.78 is 0. The van der Waals surface area contributed by atoms with Crippen molar-refractivity contribution in [2.24, 2.45) is 0 Å². The zero-order valence-corrected chi connectivity index (χ0v) is 13.1. The second-order valence-electron chi connectivity index (χ2n) is 4.78. The van der Waals surface area contributed by atoms with Crippen molar-refractivity contribution < 1.29 is 9.59 Å². The minimum absolute atomic E-state index is 0.118. The van der Waals surface area contributed by atoms with Crippen molar-refractivity contribution in [3.63, 3.8) is 0 Å². The fourth-order valence-corrected chi connectivity index (χ4v) is 3.27. The number of rotatable bonds is 4. The molecule has 0 saturated heterocycles. The predicted octanol–water partition coefficient (Wildman–Crippen LogP) is 1.36. The summed E-state index contributed by atoms with van der Waals surface area (Å²) in [7, 11) is 1.56. The molecule has 112 valence electrons. The van der Waals surface area contributed by atoms with Crippen LogP contribution in [0.15, 0.2) is 6.07 Å². The number of pyridine rings is 1. The van der Waals surface area contributed by atoms with Crippen LogP contribution in [0.25, 0.3) is 10.2 Å². The Morgan fingerprint density at radius 2 is 2.10 bits per heavy atom. The Bertz CT molecular complexity index is 709. The summed E-state index contributed by atoms with van der Waals surface area (Å²) in [6.45, 7) is 4.14. The highest BCUT2D eigenvalue weighted by atomic mass is 32.1. The first kappa shape index (κ1) is 15.2. The number of nitrogens with two attached hydrogens (primary N) is 1. The Morgan fingerprint density at radius 3 is 2.76 bits per heavy atom. The third-order valence-electron chi connectivity index (χ3n) is 3.15. The Balaban J connectivity index is 2.22. The third kappa shape index (κ3) is 3.13. The Morgan fingerprint density at radius 1 is 1.38 bits per heavy atom. The first-order valence-corrected chi connectivity index (χ1v) is 7.40. The highest BCUT2D eigenvalue weighted by molar-refractivity contribution is 7.21. The number of carbonyl (C=O) groups excluding carboxylic acids is 2. The lowest BCUT2D eigenvalue weighted by Gasteiger charge is -2.04. The molecule has 4 N–H and O–H groups in total. The number of anilines is 1. The monoisotopic (exact) mass is 306 g/mol. The van der Waals surface area contributed by atoms with Crippen molar-refractivity contribution in [3.05, 3.63) is 22.2 Å². The molecular formula is C14H18N4O2S. The number of aryl methyl sites for hydroxylation is 2. The van der Waals surface area contributed by atoms with E-state index in [0.717, 1.165) is 21.5 Å². The number of fused-ring (bicyclic) bond motifs is 1. The van der Waals surface area contributed by atoms with Gasteiger partial charge in [-0.1, -0.05) is 0 Å². The maximum atomic E-state index is 12.2. The molecule has 7 heteroatoms. The van der Waals surface area contributed by atoms with E-state index >= 15 is 0 Å². The Hall–Kier alpha value is -2.15. The highest BCUT2D eigenvalue weighted by Gasteiger charge is 2.18. The lowest BCUT2D eigenvalue weighted by molar-refractivity contribution is -0.120. The number of amides is 2. The minimum Gasteiger partial charge on any atom is -0.397 e. The van der Waals surface area contributed by atoms with E-state index < -0.39 is 0 Å². The summed E-state index contributed by atoms with van der Waals surface area (Å²) in [5.74, 6) is -0.385. The van der Waals surface area contributed by atoms with Crippen molar-refractivity contribution in [2.45, 2.75) is 20.3 Å². The van der Waals surface area contributed by atoms with Crippen LogP contribution in [0.4, 0.5) is 5.69 Å². The number of nitrogens with zero attached hydrogens (tertiary/aromatic N) is 1. The molecule has 2 heterocycles. The quantitative estimate of drug-likeness (QED) is 0.794. The lowest BCUT2D eigenvalue weighted by Crippen LogP contribution is -2.29. The molecule has 0 aliphatic rings. The second kappa shape index (κ2) is 6.09. The van der Waals surface area contributed by atoms with Crippen molar-refractivity contribution in [3.8, 4) is 0 Å². The third-order valence-corrected chi connectivity index (χ3v) is 4.25. The average molecular weight is 306 g/mol. The van der Waals surface area contributed by atoms with E-state index in [2.05, 4.69) is 15.6 Å². The predicted molar refractivity (Wildman–Crippen MR) is 84.5 cm³/mol. The van der Waals surface area contributed by atoms with Gasteiger partial charge in [0.15, 0.2) is 0 Å². The summed E-state index contributed by atoms with van der Waals surface area (Å²) in [5, 5.41) is 6.04. The van der Waals surface area contributed by atoms with Crippen LogP contribution >= 0.6 is 11.3 Å². The first-order valence-electron chi connectivity index (χ1n) is 6.59. The second-order valence-corrected chi connectivity index (χ2v) is 5.78. The Labute approximate surface area is 126 Å². The van der Waals surface area contributed by atoms with E-state index in [9.17, 15) is 9.59 Å². The molecule has 0 saturated carbocycles. The average Bonchev–Trinajstić information content (AvgIpc) is 2.75. The molecule has 0 atom stereocenters. The molecule has 0 spiro atoms. The number of thiophene rings is 1. The van der Waals surface area contributed by atoms with Crippen LogP contribution in [0, 0.1) is 13.8 Å². The normalized spacial score (nSPS) is 10.6. The number of nitrogens with one attached hydrogen (secondary N) is 2. The Kier molecular flexibility index (Phi) is 4.42. The van der Waals surface area contributed by atoms with Crippen LogP contribution in [0.5, 0.6) is 0 Å². The molecule has 0 aliphatic heterocycles. The molecule has 0 radical (unpaired) electrons. The van der Waals surface area contributed by atoms with Gasteiger partial charge in [0.25, 0.3) is 5.91 Å². The van der Waals surface area contributed by atoms with Gasteiger partial charge in [-0.2, -0.15) is 0 Å².